The molecule has 0 saturated carbocycles. The molecule has 17 heavy (non-hydrogen) atoms. The van der Waals surface area contributed by atoms with Crippen molar-refractivity contribution in [1.82, 2.24) is 0 Å². The van der Waals surface area contributed by atoms with Crippen molar-refractivity contribution in [3.63, 3.8) is 0 Å². The molecular formula is C11H17O3PS2. The van der Waals surface area contributed by atoms with E-state index in [1.54, 1.807) is 11.8 Å². The Bertz CT molecular complexity index is 417. The first kappa shape index (κ1) is 15.0. The molecule has 1 rings (SSSR count). The quantitative estimate of drug-likeness (QED) is 0.606. The molecule has 0 radical (unpaired) electrons. The summed E-state index contributed by atoms with van der Waals surface area (Å²) >= 11 is 6.90. The summed E-state index contributed by atoms with van der Waals surface area (Å²) in [6.07, 6.45) is 2.06. The van der Waals surface area contributed by atoms with Crippen LogP contribution in [0.25, 0.3) is 0 Å². The van der Waals surface area contributed by atoms with E-state index in [-0.39, 0.29) is 0 Å². The summed E-state index contributed by atoms with van der Waals surface area (Å²) in [6.45, 7) is 1.46. The fourth-order valence-corrected chi connectivity index (χ4v) is 3.25. The van der Waals surface area contributed by atoms with Crippen LogP contribution in [0.1, 0.15) is 11.1 Å². The summed E-state index contributed by atoms with van der Waals surface area (Å²) < 4.78 is 15.8. The maximum absolute atomic E-state index is 5.63. The van der Waals surface area contributed by atoms with Crippen LogP contribution in [0, 0.1) is 13.8 Å². The number of aryl methyl sites for hydroxylation is 2. The summed E-state index contributed by atoms with van der Waals surface area (Å²) in [5, 5.41) is 0. The van der Waals surface area contributed by atoms with Crippen LogP contribution in [0.3, 0.4) is 0 Å². The molecule has 0 N–H and O–H groups in total. The van der Waals surface area contributed by atoms with E-state index in [1.807, 2.05) is 12.1 Å². The van der Waals surface area contributed by atoms with E-state index in [1.165, 1.54) is 30.2 Å². The van der Waals surface area contributed by atoms with Crippen molar-refractivity contribution < 1.29 is 13.6 Å². The fraction of sp³-hybridized carbons (Fsp3) is 0.455. The lowest BCUT2D eigenvalue weighted by molar-refractivity contribution is 0.273. The zero-order valence-electron chi connectivity index (χ0n) is 10.6. The van der Waals surface area contributed by atoms with Crippen molar-refractivity contribution >= 4 is 30.3 Å². The molecule has 3 nitrogen and oxygen atoms in total. The van der Waals surface area contributed by atoms with Crippen LogP contribution in [0.2, 0.25) is 0 Å². The number of benzene rings is 1. The van der Waals surface area contributed by atoms with Gasteiger partial charge in [-0.3, -0.25) is 0 Å². The molecule has 0 fully saturated rings. The molecule has 0 aliphatic heterocycles. The van der Waals surface area contributed by atoms with Gasteiger partial charge in [-0.25, -0.2) is 0 Å². The molecule has 0 aromatic heterocycles. The molecule has 0 amide bonds. The van der Waals surface area contributed by atoms with Gasteiger partial charge in [0.15, 0.2) is 0 Å². The van der Waals surface area contributed by atoms with Gasteiger partial charge in [-0.1, -0.05) is 0 Å². The Morgan fingerprint density at radius 3 is 1.94 bits per heavy atom. The maximum Gasteiger partial charge on any atom is 0.380 e. The smallest absolute Gasteiger partial charge is 0.380 e. The van der Waals surface area contributed by atoms with Crippen LogP contribution in [0.15, 0.2) is 17.0 Å². The topological polar surface area (TPSA) is 27.7 Å². The van der Waals surface area contributed by atoms with E-state index >= 15 is 0 Å². The minimum atomic E-state index is -2.64. The molecule has 0 aliphatic rings. The Hall–Kier alpha value is -0.0600. The van der Waals surface area contributed by atoms with Gasteiger partial charge in [-0.15, -0.1) is 11.8 Å². The van der Waals surface area contributed by atoms with Gasteiger partial charge in [0.05, 0.1) is 0 Å². The largest absolute Gasteiger partial charge is 0.424 e. The maximum atomic E-state index is 5.63. The van der Waals surface area contributed by atoms with Crippen molar-refractivity contribution in [2.75, 3.05) is 20.5 Å². The van der Waals surface area contributed by atoms with Gasteiger partial charge in [0.2, 0.25) is 0 Å². The van der Waals surface area contributed by atoms with Crippen LogP contribution in [0.4, 0.5) is 0 Å². The van der Waals surface area contributed by atoms with E-state index in [9.17, 15) is 0 Å². The minimum absolute atomic E-state index is 0.699. The average Bonchev–Trinajstić information content (AvgIpc) is 2.28. The molecule has 6 heteroatoms. The van der Waals surface area contributed by atoms with Gasteiger partial charge in [0, 0.05) is 30.9 Å². The van der Waals surface area contributed by atoms with E-state index in [4.69, 9.17) is 25.4 Å². The minimum Gasteiger partial charge on any atom is -0.424 e. The second kappa shape index (κ2) is 6.21. The van der Waals surface area contributed by atoms with Crippen LogP contribution in [0.5, 0.6) is 5.75 Å². The SMILES string of the molecule is COP(=S)(OC)Oc1cc(C)c(SC)c(C)c1. The molecule has 0 aliphatic carbocycles. The molecule has 1 aromatic carbocycles. The Balaban J connectivity index is 3.06. The van der Waals surface area contributed by atoms with Crippen molar-refractivity contribution in [3.8, 4) is 5.75 Å². The lowest BCUT2D eigenvalue weighted by atomic mass is 10.1. The third-order valence-corrected chi connectivity index (χ3v) is 5.80. The predicted octanol–water partition coefficient (Wildman–Crippen LogP) is 3.92. The lowest BCUT2D eigenvalue weighted by Gasteiger charge is -2.19. The summed E-state index contributed by atoms with van der Waals surface area (Å²) in [6, 6.07) is 3.91. The van der Waals surface area contributed by atoms with Crippen LogP contribution in [-0.4, -0.2) is 20.5 Å². The number of hydrogen-bond acceptors (Lipinski definition) is 5. The van der Waals surface area contributed by atoms with Gasteiger partial charge < -0.3 is 13.6 Å². The molecule has 0 spiro atoms. The average molecular weight is 292 g/mol. The first-order valence-electron chi connectivity index (χ1n) is 5.02. The summed E-state index contributed by atoms with van der Waals surface area (Å²) in [7, 11) is 3.00. The Morgan fingerprint density at radius 1 is 1.12 bits per heavy atom. The van der Waals surface area contributed by atoms with Crippen molar-refractivity contribution in [1.29, 1.82) is 0 Å². The van der Waals surface area contributed by atoms with Crippen LogP contribution in [-0.2, 0) is 20.9 Å². The standard InChI is InChI=1S/C11H17O3PS2/c1-8-6-10(7-9(2)11(8)17-5)14-15(16,12-3)13-4/h6-7H,1-5H3. The monoisotopic (exact) mass is 292 g/mol. The highest BCUT2D eigenvalue weighted by molar-refractivity contribution is 8.07. The van der Waals surface area contributed by atoms with E-state index in [2.05, 4.69) is 20.1 Å². The normalized spacial score (nSPS) is 11.6. The third kappa shape index (κ3) is 3.70. The first-order valence-corrected chi connectivity index (χ1v) is 8.80. The van der Waals surface area contributed by atoms with Gasteiger partial charge in [-0.05, 0) is 43.4 Å². The molecular weight excluding hydrogens is 275 g/mol. The molecule has 0 atom stereocenters. The van der Waals surface area contributed by atoms with Gasteiger partial charge in [0.25, 0.3) is 0 Å². The second-order valence-electron chi connectivity index (χ2n) is 3.49. The van der Waals surface area contributed by atoms with Crippen molar-refractivity contribution in [2.24, 2.45) is 0 Å². The molecule has 0 bridgehead atoms. The summed E-state index contributed by atoms with van der Waals surface area (Å²) in [5.41, 5.74) is 2.34. The molecule has 96 valence electrons. The second-order valence-corrected chi connectivity index (χ2v) is 7.46. The predicted molar refractivity (Wildman–Crippen MR) is 76.6 cm³/mol. The van der Waals surface area contributed by atoms with E-state index < -0.39 is 6.72 Å². The number of thioether (sulfide) groups is 1. The Labute approximate surface area is 112 Å². The zero-order chi connectivity index (χ0) is 13.1. The van der Waals surface area contributed by atoms with Crippen molar-refractivity contribution in [3.05, 3.63) is 23.3 Å². The van der Waals surface area contributed by atoms with Gasteiger partial charge in [-0.2, -0.15) is 0 Å². The van der Waals surface area contributed by atoms with Crippen LogP contribution >= 0.6 is 18.5 Å². The fourth-order valence-electron chi connectivity index (χ4n) is 1.56. The van der Waals surface area contributed by atoms with Gasteiger partial charge >= 0.3 is 6.72 Å². The Morgan fingerprint density at radius 2 is 1.59 bits per heavy atom. The first-order chi connectivity index (χ1) is 7.95. The highest BCUT2D eigenvalue weighted by Crippen LogP contribution is 2.48. The van der Waals surface area contributed by atoms with Crippen molar-refractivity contribution in [2.45, 2.75) is 18.7 Å². The third-order valence-electron chi connectivity index (χ3n) is 2.30. The molecule has 0 unspecified atom stereocenters. The number of hydrogen-bond donors (Lipinski definition) is 0. The Kier molecular flexibility index (Phi) is 5.48. The van der Waals surface area contributed by atoms with E-state index in [0.29, 0.717) is 5.75 Å². The van der Waals surface area contributed by atoms with Crippen LogP contribution < -0.4 is 4.52 Å². The van der Waals surface area contributed by atoms with Gasteiger partial charge in [0.1, 0.15) is 5.75 Å². The molecule has 0 heterocycles. The highest BCUT2D eigenvalue weighted by Gasteiger charge is 2.19. The molecule has 1 aromatic rings. The zero-order valence-corrected chi connectivity index (χ0v) is 13.2. The van der Waals surface area contributed by atoms with E-state index in [0.717, 1.165) is 0 Å². The summed E-state index contributed by atoms with van der Waals surface area (Å²) in [4.78, 5) is 1.26. The number of rotatable bonds is 5. The highest BCUT2D eigenvalue weighted by atomic mass is 32.5. The molecule has 0 saturated heterocycles. The lowest BCUT2D eigenvalue weighted by Crippen LogP contribution is -1.98. The summed E-state index contributed by atoms with van der Waals surface area (Å²) in [5.74, 6) is 0.699.